The van der Waals surface area contributed by atoms with Gasteiger partial charge < -0.3 is 14.6 Å². The fourth-order valence-electron chi connectivity index (χ4n) is 6.70. The molecule has 29 heavy (non-hydrogen) atoms. The van der Waals surface area contributed by atoms with Crippen LogP contribution >= 0.6 is 0 Å². The van der Waals surface area contributed by atoms with E-state index in [9.17, 15) is 14.7 Å². The second-order valence-corrected chi connectivity index (χ2v) is 10.2. The molecule has 1 aromatic carbocycles. The van der Waals surface area contributed by atoms with Gasteiger partial charge in [0.1, 0.15) is 11.3 Å². The van der Waals surface area contributed by atoms with Crippen molar-refractivity contribution in [3.8, 4) is 5.75 Å². The topological polar surface area (TPSA) is 72.8 Å². The Morgan fingerprint density at radius 2 is 1.48 bits per heavy atom. The van der Waals surface area contributed by atoms with Crippen LogP contribution in [-0.2, 0) is 24.5 Å². The highest BCUT2D eigenvalue weighted by molar-refractivity contribution is 6.19. The fourth-order valence-corrected chi connectivity index (χ4v) is 6.70. The number of hydrogen-bond acceptors (Lipinski definition) is 5. The lowest BCUT2D eigenvalue weighted by molar-refractivity contribution is -0.222. The van der Waals surface area contributed by atoms with Crippen molar-refractivity contribution in [3.63, 3.8) is 0 Å². The maximum atomic E-state index is 12.4. The molecule has 0 unspecified atom stereocenters. The lowest BCUT2D eigenvalue weighted by Crippen LogP contribution is -2.48. The Bertz CT molecular complexity index is 882. The standard InChI is InChI=1S/C24H28O5/c1-13-4-17(9-18-21(26)28-23(2,3)29-22(18)27)20(25)19(5-13)24-10-14-6-15(11-24)8-16(7-14)12-24/h4-5,9,14-16,25H,6-8,10-12H2,1-3H3. The first-order valence-corrected chi connectivity index (χ1v) is 10.7. The van der Waals surface area contributed by atoms with Gasteiger partial charge >= 0.3 is 11.9 Å². The van der Waals surface area contributed by atoms with E-state index in [4.69, 9.17) is 9.47 Å². The van der Waals surface area contributed by atoms with Crippen LogP contribution in [-0.4, -0.2) is 22.8 Å². The molecule has 0 atom stereocenters. The first-order valence-electron chi connectivity index (χ1n) is 10.7. The average molecular weight is 396 g/mol. The first-order chi connectivity index (χ1) is 13.6. The van der Waals surface area contributed by atoms with Crippen LogP contribution in [0.5, 0.6) is 5.75 Å². The van der Waals surface area contributed by atoms with Crippen LogP contribution in [0.1, 0.15) is 69.1 Å². The zero-order chi connectivity index (χ0) is 20.6. The van der Waals surface area contributed by atoms with Gasteiger partial charge in [0.15, 0.2) is 0 Å². The molecule has 154 valence electrons. The Kier molecular flexibility index (Phi) is 3.94. The minimum Gasteiger partial charge on any atom is -0.507 e. The molecule has 1 aromatic rings. The molecule has 5 aliphatic rings. The Balaban J connectivity index is 1.56. The number of phenolic OH excluding ortho intramolecular Hbond substituents is 1. The predicted octanol–water partition coefficient (Wildman–Crippen LogP) is 4.39. The van der Waals surface area contributed by atoms with Gasteiger partial charge in [-0.1, -0.05) is 6.07 Å². The van der Waals surface area contributed by atoms with E-state index in [-0.39, 0.29) is 16.7 Å². The Morgan fingerprint density at radius 3 is 2.00 bits per heavy atom. The van der Waals surface area contributed by atoms with Crippen LogP contribution < -0.4 is 0 Å². The molecule has 4 aliphatic carbocycles. The van der Waals surface area contributed by atoms with Crippen molar-refractivity contribution in [1.29, 1.82) is 0 Å². The third-order valence-electron chi connectivity index (χ3n) is 7.31. The lowest BCUT2D eigenvalue weighted by atomic mass is 9.48. The van der Waals surface area contributed by atoms with Gasteiger partial charge in [0.25, 0.3) is 5.79 Å². The summed E-state index contributed by atoms with van der Waals surface area (Å²) in [6.45, 7) is 5.04. The van der Waals surface area contributed by atoms with Crippen molar-refractivity contribution < 1.29 is 24.2 Å². The number of esters is 2. The molecular weight excluding hydrogens is 368 g/mol. The number of carbonyl (C=O) groups is 2. The monoisotopic (exact) mass is 396 g/mol. The van der Waals surface area contributed by atoms with Gasteiger partial charge in [0.05, 0.1) is 0 Å². The summed E-state index contributed by atoms with van der Waals surface area (Å²) in [5.41, 5.74) is 2.33. The zero-order valence-electron chi connectivity index (χ0n) is 17.3. The van der Waals surface area contributed by atoms with Crippen molar-refractivity contribution >= 4 is 18.0 Å². The number of cyclic esters (lactones) is 2. The van der Waals surface area contributed by atoms with Crippen molar-refractivity contribution in [3.05, 3.63) is 34.4 Å². The van der Waals surface area contributed by atoms with Gasteiger partial charge in [-0.15, -0.1) is 0 Å². The summed E-state index contributed by atoms with van der Waals surface area (Å²) < 4.78 is 10.4. The van der Waals surface area contributed by atoms with E-state index in [2.05, 4.69) is 6.07 Å². The van der Waals surface area contributed by atoms with Crippen LogP contribution in [0.15, 0.2) is 17.7 Å². The van der Waals surface area contributed by atoms with E-state index in [1.54, 1.807) is 0 Å². The zero-order valence-corrected chi connectivity index (χ0v) is 17.3. The number of rotatable bonds is 2. The summed E-state index contributed by atoms with van der Waals surface area (Å²) in [4.78, 5) is 24.7. The summed E-state index contributed by atoms with van der Waals surface area (Å²) in [7, 11) is 0. The molecule has 5 fully saturated rings. The summed E-state index contributed by atoms with van der Waals surface area (Å²) in [6.07, 6.45) is 8.80. The third kappa shape index (κ3) is 3.06. The van der Waals surface area contributed by atoms with E-state index in [0.717, 1.165) is 48.1 Å². The van der Waals surface area contributed by atoms with E-state index < -0.39 is 17.7 Å². The quantitative estimate of drug-likeness (QED) is 0.456. The smallest absolute Gasteiger partial charge is 0.348 e. The highest BCUT2D eigenvalue weighted by atomic mass is 16.7. The Labute approximate surface area is 171 Å². The Morgan fingerprint density at radius 1 is 0.966 bits per heavy atom. The number of phenols is 1. The van der Waals surface area contributed by atoms with E-state index in [1.807, 2.05) is 13.0 Å². The third-order valence-corrected chi connectivity index (χ3v) is 7.31. The number of carbonyl (C=O) groups excluding carboxylic acids is 2. The fraction of sp³-hybridized carbons (Fsp3) is 0.583. The van der Waals surface area contributed by atoms with Crippen molar-refractivity contribution in [1.82, 2.24) is 0 Å². The maximum absolute atomic E-state index is 12.4. The molecule has 0 radical (unpaired) electrons. The summed E-state index contributed by atoms with van der Waals surface area (Å²) in [5, 5.41) is 11.2. The molecule has 0 amide bonds. The first kappa shape index (κ1) is 18.7. The number of ether oxygens (including phenoxy) is 2. The number of benzene rings is 1. The van der Waals surface area contributed by atoms with Crippen molar-refractivity contribution in [2.75, 3.05) is 0 Å². The molecule has 4 bridgehead atoms. The highest BCUT2D eigenvalue weighted by Gasteiger charge is 2.52. The number of aromatic hydroxyl groups is 1. The molecule has 1 saturated heterocycles. The van der Waals surface area contributed by atoms with Gasteiger partial charge in [0.2, 0.25) is 0 Å². The molecule has 5 nitrogen and oxygen atoms in total. The molecular formula is C24H28O5. The van der Waals surface area contributed by atoms with Crippen LogP contribution in [0.25, 0.3) is 6.08 Å². The molecule has 1 N–H and O–H groups in total. The largest absolute Gasteiger partial charge is 0.507 e. The number of hydrogen-bond donors (Lipinski definition) is 1. The molecule has 1 aliphatic heterocycles. The van der Waals surface area contributed by atoms with Crippen molar-refractivity contribution in [2.24, 2.45) is 17.8 Å². The van der Waals surface area contributed by atoms with Gasteiger partial charge in [0, 0.05) is 25.0 Å². The molecule has 1 heterocycles. The minimum atomic E-state index is -1.27. The minimum absolute atomic E-state index is 0.0215. The molecule has 6 rings (SSSR count). The summed E-state index contributed by atoms with van der Waals surface area (Å²) in [6, 6.07) is 3.91. The molecule has 5 heteroatoms. The summed E-state index contributed by atoms with van der Waals surface area (Å²) in [5.74, 6) is -0.247. The van der Waals surface area contributed by atoms with Crippen molar-refractivity contribution in [2.45, 2.75) is 70.5 Å². The second-order valence-electron chi connectivity index (χ2n) is 10.2. The number of aryl methyl sites for hydroxylation is 1. The molecule has 4 saturated carbocycles. The second kappa shape index (κ2) is 6.10. The van der Waals surface area contributed by atoms with Crippen LogP contribution in [0.2, 0.25) is 0 Å². The predicted molar refractivity (Wildman–Crippen MR) is 107 cm³/mol. The Hall–Kier alpha value is -2.30. The van der Waals surface area contributed by atoms with Crippen LogP contribution in [0.3, 0.4) is 0 Å². The van der Waals surface area contributed by atoms with E-state index >= 15 is 0 Å². The SMILES string of the molecule is Cc1cc(C=C2C(=O)OC(C)(C)OC2=O)c(O)c(C23CC4CC(CC(C4)C2)C3)c1. The normalized spacial score (nSPS) is 34.7. The lowest BCUT2D eigenvalue weighted by Gasteiger charge is -2.57. The van der Waals surface area contributed by atoms with Gasteiger partial charge in [-0.05, 0) is 86.3 Å². The summed E-state index contributed by atoms with van der Waals surface area (Å²) >= 11 is 0. The van der Waals surface area contributed by atoms with E-state index in [1.165, 1.54) is 39.2 Å². The maximum Gasteiger partial charge on any atom is 0.348 e. The van der Waals surface area contributed by atoms with Gasteiger partial charge in [-0.2, -0.15) is 0 Å². The van der Waals surface area contributed by atoms with Gasteiger partial charge in [-0.3, -0.25) is 0 Å². The van der Waals surface area contributed by atoms with Gasteiger partial charge in [-0.25, -0.2) is 9.59 Å². The van der Waals surface area contributed by atoms with Crippen LogP contribution in [0.4, 0.5) is 0 Å². The highest BCUT2D eigenvalue weighted by Crippen LogP contribution is 2.62. The molecule has 0 spiro atoms. The molecule has 0 aromatic heterocycles. The van der Waals surface area contributed by atoms with E-state index in [0.29, 0.717) is 5.56 Å². The van der Waals surface area contributed by atoms with Crippen LogP contribution in [0, 0.1) is 24.7 Å². The average Bonchev–Trinajstić information content (AvgIpc) is 2.58.